The van der Waals surface area contributed by atoms with Crippen molar-refractivity contribution in [3.05, 3.63) is 53.8 Å². The molecule has 0 atom stereocenters. The Hall–Kier alpha value is -1.60. The van der Waals surface area contributed by atoms with Gasteiger partial charge in [-0.3, -0.25) is 4.72 Å². The van der Waals surface area contributed by atoms with Crippen LogP contribution >= 0.6 is 15.9 Å². The largest absolute Gasteiger partial charge is 0.494 e. The van der Waals surface area contributed by atoms with Gasteiger partial charge in [0, 0.05) is 11.4 Å². The van der Waals surface area contributed by atoms with E-state index in [1.807, 2.05) is 0 Å². The van der Waals surface area contributed by atoms with Gasteiger partial charge in [-0.25, -0.2) is 12.8 Å². The Kier molecular flexibility index (Phi) is 4.84. The highest BCUT2D eigenvalue weighted by Gasteiger charge is 2.16. The molecule has 0 fully saturated rings. The molecule has 0 saturated heterocycles. The quantitative estimate of drug-likeness (QED) is 0.815. The van der Waals surface area contributed by atoms with Gasteiger partial charge in [0.1, 0.15) is 11.6 Å². The second-order valence-electron chi connectivity index (χ2n) is 4.23. The highest BCUT2D eigenvalue weighted by atomic mass is 79.9. The average molecular weight is 374 g/mol. The summed E-state index contributed by atoms with van der Waals surface area (Å²) < 4.78 is 45.0. The zero-order valence-corrected chi connectivity index (χ0v) is 13.5. The Morgan fingerprint density at radius 1 is 1.19 bits per heavy atom. The van der Waals surface area contributed by atoms with E-state index in [0.717, 1.165) is 17.7 Å². The number of ether oxygens (including phenoxy) is 1. The van der Waals surface area contributed by atoms with E-state index in [1.165, 1.54) is 25.3 Å². The molecule has 0 heterocycles. The summed E-state index contributed by atoms with van der Waals surface area (Å²) in [7, 11) is -2.41. The van der Waals surface area contributed by atoms with Crippen molar-refractivity contribution in [1.82, 2.24) is 0 Å². The maximum atomic E-state index is 13.1. The number of methoxy groups -OCH3 is 1. The van der Waals surface area contributed by atoms with Gasteiger partial charge < -0.3 is 4.74 Å². The van der Waals surface area contributed by atoms with Gasteiger partial charge in [-0.1, -0.05) is 28.1 Å². The van der Waals surface area contributed by atoms with E-state index in [-0.39, 0.29) is 16.3 Å². The number of hydrogen-bond donors (Lipinski definition) is 1. The predicted molar refractivity (Wildman–Crippen MR) is 82.8 cm³/mol. The van der Waals surface area contributed by atoms with Crippen molar-refractivity contribution in [2.24, 2.45) is 0 Å². The van der Waals surface area contributed by atoms with Gasteiger partial charge in [-0.15, -0.1) is 0 Å². The summed E-state index contributed by atoms with van der Waals surface area (Å²) >= 11 is 3.29. The third kappa shape index (κ3) is 3.74. The first-order valence-electron chi connectivity index (χ1n) is 5.97. The Morgan fingerprint density at radius 3 is 2.43 bits per heavy atom. The van der Waals surface area contributed by atoms with Gasteiger partial charge in [0.05, 0.1) is 17.7 Å². The summed E-state index contributed by atoms with van der Waals surface area (Å²) in [5.74, 6) is -0.382. The maximum absolute atomic E-state index is 13.1. The molecule has 0 spiro atoms. The first kappa shape index (κ1) is 15.8. The molecule has 21 heavy (non-hydrogen) atoms. The average Bonchev–Trinajstić information content (AvgIpc) is 2.49. The van der Waals surface area contributed by atoms with Crippen molar-refractivity contribution in [2.45, 2.75) is 10.2 Å². The highest BCUT2D eigenvalue weighted by Crippen LogP contribution is 2.27. The molecular weight excluding hydrogens is 361 g/mol. The smallest absolute Gasteiger partial charge is 0.262 e. The fourth-order valence-corrected chi connectivity index (χ4v) is 3.15. The molecule has 0 aliphatic carbocycles. The Bertz CT molecular complexity index is 732. The van der Waals surface area contributed by atoms with Gasteiger partial charge in [0.2, 0.25) is 0 Å². The summed E-state index contributed by atoms with van der Waals surface area (Å²) in [6.07, 6.45) is 0. The lowest BCUT2D eigenvalue weighted by Crippen LogP contribution is -2.13. The van der Waals surface area contributed by atoms with Gasteiger partial charge >= 0.3 is 0 Å². The van der Waals surface area contributed by atoms with E-state index >= 15 is 0 Å². The summed E-state index contributed by atoms with van der Waals surface area (Å²) in [6, 6.07) is 10.0. The van der Waals surface area contributed by atoms with Crippen LogP contribution in [0.3, 0.4) is 0 Å². The van der Waals surface area contributed by atoms with Crippen molar-refractivity contribution in [2.75, 3.05) is 11.8 Å². The summed E-state index contributed by atoms with van der Waals surface area (Å²) in [5.41, 5.74) is 1.15. The molecule has 1 N–H and O–H groups in total. The van der Waals surface area contributed by atoms with Crippen molar-refractivity contribution < 1.29 is 17.5 Å². The van der Waals surface area contributed by atoms with Gasteiger partial charge in [0.15, 0.2) is 0 Å². The van der Waals surface area contributed by atoms with E-state index in [9.17, 15) is 12.8 Å². The third-order valence-electron chi connectivity index (χ3n) is 2.80. The Balaban J connectivity index is 2.32. The van der Waals surface area contributed by atoms with Crippen molar-refractivity contribution in [1.29, 1.82) is 0 Å². The molecule has 0 amide bonds. The van der Waals surface area contributed by atoms with Crippen LogP contribution in [-0.4, -0.2) is 15.5 Å². The first-order valence-corrected chi connectivity index (χ1v) is 8.58. The molecule has 7 heteroatoms. The van der Waals surface area contributed by atoms with E-state index in [4.69, 9.17) is 4.74 Å². The molecule has 112 valence electrons. The van der Waals surface area contributed by atoms with Crippen LogP contribution in [0, 0.1) is 5.82 Å². The van der Waals surface area contributed by atoms with Crippen molar-refractivity contribution in [3.8, 4) is 5.75 Å². The zero-order chi connectivity index (χ0) is 15.5. The number of benzene rings is 2. The van der Waals surface area contributed by atoms with E-state index in [0.29, 0.717) is 5.33 Å². The van der Waals surface area contributed by atoms with E-state index < -0.39 is 15.8 Å². The molecule has 0 radical (unpaired) electrons. The lowest BCUT2D eigenvalue weighted by molar-refractivity contribution is 0.413. The number of anilines is 1. The number of hydrogen-bond acceptors (Lipinski definition) is 3. The van der Waals surface area contributed by atoms with Crippen LogP contribution in [0.5, 0.6) is 5.75 Å². The van der Waals surface area contributed by atoms with Crippen LogP contribution in [0.1, 0.15) is 5.56 Å². The minimum atomic E-state index is -3.75. The van der Waals surface area contributed by atoms with Crippen LogP contribution in [-0.2, 0) is 15.4 Å². The maximum Gasteiger partial charge on any atom is 0.262 e. The fourth-order valence-electron chi connectivity index (χ4n) is 1.71. The molecule has 0 saturated carbocycles. The molecule has 0 aromatic heterocycles. The number of rotatable bonds is 5. The lowest BCUT2D eigenvalue weighted by Gasteiger charge is -2.12. The summed E-state index contributed by atoms with van der Waals surface area (Å²) in [4.78, 5) is 0.124. The minimum absolute atomic E-state index is 0.121. The van der Waals surface area contributed by atoms with Gasteiger partial charge in [-0.05, 0) is 29.8 Å². The Labute approximate surface area is 131 Å². The number of halogens is 2. The molecule has 2 aromatic carbocycles. The van der Waals surface area contributed by atoms with Crippen LogP contribution in [0.4, 0.5) is 10.1 Å². The van der Waals surface area contributed by atoms with Crippen LogP contribution in [0.25, 0.3) is 0 Å². The molecule has 2 aromatic rings. The molecule has 4 nitrogen and oxygen atoms in total. The standard InChI is InChI=1S/C14H13BrFNO3S/c1-20-14-8-11(16)4-7-13(14)17-21(18,19)12-5-2-10(9-15)3-6-12/h2-8,17H,9H2,1H3. The molecular formula is C14H13BrFNO3S. The van der Waals surface area contributed by atoms with Crippen LogP contribution in [0.2, 0.25) is 0 Å². The molecule has 0 aliphatic rings. The summed E-state index contributed by atoms with van der Waals surface area (Å²) in [6.45, 7) is 0. The number of sulfonamides is 1. The monoisotopic (exact) mass is 373 g/mol. The highest BCUT2D eigenvalue weighted by molar-refractivity contribution is 9.08. The normalized spacial score (nSPS) is 11.2. The SMILES string of the molecule is COc1cc(F)ccc1NS(=O)(=O)c1ccc(CBr)cc1. The minimum Gasteiger partial charge on any atom is -0.494 e. The van der Waals surface area contributed by atoms with Crippen LogP contribution < -0.4 is 9.46 Å². The number of nitrogens with one attached hydrogen (secondary N) is 1. The second kappa shape index (κ2) is 6.44. The molecule has 2 rings (SSSR count). The Morgan fingerprint density at radius 2 is 1.86 bits per heavy atom. The fraction of sp³-hybridized carbons (Fsp3) is 0.143. The van der Waals surface area contributed by atoms with E-state index in [1.54, 1.807) is 12.1 Å². The van der Waals surface area contributed by atoms with Crippen molar-refractivity contribution in [3.63, 3.8) is 0 Å². The first-order chi connectivity index (χ1) is 9.96. The van der Waals surface area contributed by atoms with Crippen molar-refractivity contribution >= 4 is 31.6 Å². The second-order valence-corrected chi connectivity index (χ2v) is 6.47. The lowest BCUT2D eigenvalue weighted by atomic mass is 10.2. The topological polar surface area (TPSA) is 55.4 Å². The van der Waals surface area contributed by atoms with Gasteiger partial charge in [-0.2, -0.15) is 0 Å². The van der Waals surface area contributed by atoms with Crippen LogP contribution in [0.15, 0.2) is 47.4 Å². The molecule has 0 unspecified atom stereocenters. The number of alkyl halides is 1. The predicted octanol–water partition coefficient (Wildman–Crippen LogP) is 3.53. The third-order valence-corrected chi connectivity index (χ3v) is 4.82. The van der Waals surface area contributed by atoms with E-state index in [2.05, 4.69) is 20.7 Å². The summed E-state index contributed by atoms with van der Waals surface area (Å²) in [5, 5.41) is 0.645. The zero-order valence-electron chi connectivity index (χ0n) is 11.1. The van der Waals surface area contributed by atoms with Gasteiger partial charge in [0.25, 0.3) is 10.0 Å². The molecule has 0 aliphatic heterocycles. The molecule has 0 bridgehead atoms.